The second kappa shape index (κ2) is 7.68. The maximum absolute atomic E-state index is 12.3. The molecular formula is C16H24N2O4S. The van der Waals surface area contributed by atoms with Crippen LogP contribution in [0.4, 0.5) is 5.69 Å². The molecule has 1 aromatic rings. The highest BCUT2D eigenvalue weighted by Gasteiger charge is 2.30. The van der Waals surface area contributed by atoms with Gasteiger partial charge in [0.05, 0.1) is 11.9 Å². The zero-order valence-corrected chi connectivity index (χ0v) is 14.4. The number of rotatable bonds is 6. The van der Waals surface area contributed by atoms with Crippen LogP contribution in [0.25, 0.3) is 0 Å². The number of hydrogen-bond donors (Lipinski definition) is 1. The number of nitrogens with one attached hydrogen (secondary N) is 1. The molecule has 1 heterocycles. The average molecular weight is 340 g/mol. The Balaban J connectivity index is 2.12. The number of anilines is 1. The number of carbonyl (C=O) groups excluding carboxylic acids is 1. The number of para-hydroxylation sites is 2. The fourth-order valence-corrected chi connectivity index (χ4v) is 3.50. The topological polar surface area (TPSA) is 75.7 Å². The summed E-state index contributed by atoms with van der Waals surface area (Å²) < 4.78 is 31.1. The number of unbranched alkanes of at least 4 members (excludes halogenated alkanes) is 2. The highest BCUT2D eigenvalue weighted by Crippen LogP contribution is 2.33. The summed E-state index contributed by atoms with van der Waals surface area (Å²) in [7, 11) is -3.41. The molecule has 0 radical (unpaired) electrons. The molecule has 0 spiro atoms. The summed E-state index contributed by atoms with van der Waals surface area (Å²) in [4.78, 5) is 12.3. The van der Waals surface area contributed by atoms with Crippen molar-refractivity contribution in [3.63, 3.8) is 0 Å². The van der Waals surface area contributed by atoms with Crippen molar-refractivity contribution < 1.29 is 17.9 Å². The summed E-state index contributed by atoms with van der Waals surface area (Å²) in [6.07, 6.45) is 3.89. The van der Waals surface area contributed by atoms with Gasteiger partial charge >= 0.3 is 0 Å². The molecule has 0 bridgehead atoms. The molecule has 1 N–H and O–H groups in total. The Morgan fingerprint density at radius 3 is 2.78 bits per heavy atom. The summed E-state index contributed by atoms with van der Waals surface area (Å²) in [6, 6.07) is 6.90. The molecule has 0 saturated carbocycles. The molecule has 1 aliphatic heterocycles. The van der Waals surface area contributed by atoms with E-state index in [-0.39, 0.29) is 12.5 Å². The lowest BCUT2D eigenvalue weighted by Crippen LogP contribution is -2.40. The first kappa shape index (κ1) is 17.6. The standard InChI is InChI=1S/C16H24N2O4S/c1-3-4-7-11-17-16(19)15-10-12-18(23(2,20)21)13-8-5-6-9-14(13)22-15/h5-6,8-9,15H,3-4,7,10-12H2,1-2H3,(H,17,19). The minimum Gasteiger partial charge on any atom is -0.478 e. The Labute approximate surface area is 137 Å². The lowest BCUT2D eigenvalue weighted by molar-refractivity contribution is -0.128. The maximum Gasteiger partial charge on any atom is 0.261 e. The molecule has 1 amide bonds. The van der Waals surface area contributed by atoms with Gasteiger partial charge in [0.2, 0.25) is 10.0 Å². The third-order valence-electron chi connectivity index (χ3n) is 3.77. The lowest BCUT2D eigenvalue weighted by atomic mass is 10.2. The van der Waals surface area contributed by atoms with Gasteiger partial charge in [0, 0.05) is 19.5 Å². The highest BCUT2D eigenvalue weighted by molar-refractivity contribution is 7.92. The summed E-state index contributed by atoms with van der Waals surface area (Å²) in [5, 5.41) is 2.87. The van der Waals surface area contributed by atoms with Gasteiger partial charge in [-0.2, -0.15) is 0 Å². The van der Waals surface area contributed by atoms with Crippen molar-refractivity contribution in [3.8, 4) is 5.75 Å². The quantitative estimate of drug-likeness (QED) is 0.803. The second-order valence-electron chi connectivity index (χ2n) is 5.70. The Morgan fingerprint density at radius 2 is 2.09 bits per heavy atom. The van der Waals surface area contributed by atoms with E-state index in [0.29, 0.717) is 24.4 Å². The number of sulfonamides is 1. The smallest absolute Gasteiger partial charge is 0.261 e. The third-order valence-corrected chi connectivity index (χ3v) is 4.95. The maximum atomic E-state index is 12.3. The van der Waals surface area contributed by atoms with Crippen LogP contribution in [0.15, 0.2) is 24.3 Å². The van der Waals surface area contributed by atoms with Crippen LogP contribution in [0.2, 0.25) is 0 Å². The van der Waals surface area contributed by atoms with Gasteiger partial charge in [-0.1, -0.05) is 31.9 Å². The fourth-order valence-electron chi connectivity index (χ4n) is 2.56. The average Bonchev–Trinajstić information content (AvgIpc) is 2.70. The summed E-state index contributed by atoms with van der Waals surface area (Å²) >= 11 is 0. The van der Waals surface area contributed by atoms with Gasteiger partial charge < -0.3 is 10.1 Å². The summed E-state index contributed by atoms with van der Waals surface area (Å²) in [6.45, 7) is 2.94. The molecule has 0 fully saturated rings. The predicted octanol–water partition coefficient (Wildman–Crippen LogP) is 1.91. The monoisotopic (exact) mass is 340 g/mol. The first-order valence-electron chi connectivity index (χ1n) is 7.94. The van der Waals surface area contributed by atoms with E-state index in [1.807, 2.05) is 0 Å². The first-order valence-corrected chi connectivity index (χ1v) is 9.79. The highest BCUT2D eigenvalue weighted by atomic mass is 32.2. The van der Waals surface area contributed by atoms with Gasteiger partial charge in [-0.15, -0.1) is 0 Å². The molecule has 6 nitrogen and oxygen atoms in total. The zero-order chi connectivity index (χ0) is 16.9. The van der Waals surface area contributed by atoms with E-state index >= 15 is 0 Å². The van der Waals surface area contributed by atoms with E-state index in [9.17, 15) is 13.2 Å². The van der Waals surface area contributed by atoms with E-state index in [0.717, 1.165) is 25.5 Å². The molecule has 0 aromatic heterocycles. The van der Waals surface area contributed by atoms with Crippen LogP contribution in [0.5, 0.6) is 5.75 Å². The second-order valence-corrected chi connectivity index (χ2v) is 7.60. The Kier molecular flexibility index (Phi) is 5.87. The van der Waals surface area contributed by atoms with E-state index in [2.05, 4.69) is 12.2 Å². The predicted molar refractivity (Wildman–Crippen MR) is 90.2 cm³/mol. The number of hydrogen-bond acceptors (Lipinski definition) is 4. The van der Waals surface area contributed by atoms with Gasteiger partial charge in [0.15, 0.2) is 6.10 Å². The fraction of sp³-hybridized carbons (Fsp3) is 0.562. The van der Waals surface area contributed by atoms with Gasteiger partial charge in [-0.3, -0.25) is 9.10 Å². The third kappa shape index (κ3) is 4.60. The molecule has 128 valence electrons. The molecule has 7 heteroatoms. The van der Waals surface area contributed by atoms with E-state index in [1.54, 1.807) is 24.3 Å². The number of carbonyl (C=O) groups is 1. The van der Waals surface area contributed by atoms with Crippen molar-refractivity contribution >= 4 is 21.6 Å². The summed E-state index contributed by atoms with van der Waals surface area (Å²) in [5.74, 6) is 0.232. The van der Waals surface area contributed by atoms with Crippen molar-refractivity contribution in [3.05, 3.63) is 24.3 Å². The van der Waals surface area contributed by atoms with Crippen LogP contribution in [0.3, 0.4) is 0 Å². The van der Waals surface area contributed by atoms with Gasteiger partial charge in [-0.05, 0) is 18.6 Å². The minimum absolute atomic E-state index is 0.189. The largest absolute Gasteiger partial charge is 0.478 e. The number of ether oxygens (including phenoxy) is 1. The molecule has 23 heavy (non-hydrogen) atoms. The Morgan fingerprint density at radius 1 is 1.35 bits per heavy atom. The van der Waals surface area contributed by atoms with Crippen molar-refractivity contribution in [1.82, 2.24) is 5.32 Å². The van der Waals surface area contributed by atoms with E-state index in [4.69, 9.17) is 4.74 Å². The van der Waals surface area contributed by atoms with Crippen LogP contribution in [-0.4, -0.2) is 39.8 Å². The molecule has 1 aromatic carbocycles. The first-order chi connectivity index (χ1) is 10.9. The number of fused-ring (bicyclic) bond motifs is 1. The Hall–Kier alpha value is -1.76. The van der Waals surface area contributed by atoms with Crippen LogP contribution in [-0.2, 0) is 14.8 Å². The Bertz CT molecular complexity index is 645. The molecule has 1 unspecified atom stereocenters. The number of nitrogens with zero attached hydrogens (tertiary/aromatic N) is 1. The molecular weight excluding hydrogens is 316 g/mol. The van der Waals surface area contributed by atoms with Crippen LogP contribution in [0, 0.1) is 0 Å². The van der Waals surface area contributed by atoms with E-state index < -0.39 is 16.1 Å². The van der Waals surface area contributed by atoms with Crippen LogP contribution >= 0.6 is 0 Å². The van der Waals surface area contributed by atoms with Crippen LogP contribution in [0.1, 0.15) is 32.6 Å². The van der Waals surface area contributed by atoms with Crippen molar-refractivity contribution in [2.75, 3.05) is 23.7 Å². The van der Waals surface area contributed by atoms with Gasteiger partial charge in [0.25, 0.3) is 5.91 Å². The van der Waals surface area contributed by atoms with Crippen LogP contribution < -0.4 is 14.4 Å². The van der Waals surface area contributed by atoms with Crippen molar-refractivity contribution in [2.24, 2.45) is 0 Å². The molecule has 2 rings (SSSR count). The molecule has 1 aliphatic rings. The SMILES string of the molecule is CCCCCNC(=O)C1CCN(S(C)(=O)=O)c2ccccc2O1. The van der Waals surface area contributed by atoms with Crippen molar-refractivity contribution in [1.29, 1.82) is 0 Å². The molecule has 0 saturated heterocycles. The zero-order valence-electron chi connectivity index (χ0n) is 13.6. The molecule has 1 atom stereocenters. The van der Waals surface area contributed by atoms with Gasteiger partial charge in [-0.25, -0.2) is 8.42 Å². The van der Waals surface area contributed by atoms with E-state index in [1.165, 1.54) is 4.31 Å². The number of benzene rings is 1. The summed E-state index contributed by atoms with van der Waals surface area (Å²) in [5.41, 5.74) is 0.483. The minimum atomic E-state index is -3.41. The van der Waals surface area contributed by atoms with Crippen molar-refractivity contribution in [2.45, 2.75) is 38.7 Å². The van der Waals surface area contributed by atoms with Gasteiger partial charge in [0.1, 0.15) is 5.75 Å². The lowest BCUT2D eigenvalue weighted by Gasteiger charge is -2.20. The number of amides is 1. The molecule has 0 aliphatic carbocycles. The normalized spacial score (nSPS) is 17.8.